The number of nitrogens with zero attached hydrogens (tertiary/aromatic N) is 1. The molecule has 1 aliphatic rings. The van der Waals surface area contributed by atoms with E-state index in [4.69, 9.17) is 15.0 Å². The highest BCUT2D eigenvalue weighted by Gasteiger charge is 2.36. The summed E-state index contributed by atoms with van der Waals surface area (Å²) >= 11 is 0. The minimum Gasteiger partial charge on any atom is -0.450 e. The Morgan fingerprint density at radius 2 is 2.10 bits per heavy atom. The Hall–Kier alpha value is -1.43. The van der Waals surface area contributed by atoms with Gasteiger partial charge in [0.2, 0.25) is 5.91 Å². The van der Waals surface area contributed by atoms with Crippen LogP contribution in [0.5, 0.6) is 0 Å². The number of hydrogen-bond acceptors (Lipinski definition) is 7. The Labute approximate surface area is 116 Å². The molecule has 2 amide bonds. The Morgan fingerprint density at radius 1 is 1.45 bits per heavy atom. The van der Waals surface area contributed by atoms with Crippen LogP contribution in [0.25, 0.3) is 0 Å². The molecule has 0 unspecified atom stereocenters. The van der Waals surface area contributed by atoms with Gasteiger partial charge in [-0.25, -0.2) is 4.79 Å². The van der Waals surface area contributed by atoms with Crippen LogP contribution in [0.2, 0.25) is 0 Å². The van der Waals surface area contributed by atoms with E-state index in [-0.39, 0.29) is 19.6 Å². The summed E-state index contributed by atoms with van der Waals surface area (Å²) in [5.41, 5.74) is 7.31. The van der Waals surface area contributed by atoms with Crippen LogP contribution >= 0.6 is 0 Å². The maximum Gasteiger partial charge on any atom is 0.413 e. The molecule has 11 heteroatoms. The fourth-order valence-corrected chi connectivity index (χ4v) is 2.16. The van der Waals surface area contributed by atoms with E-state index in [9.17, 15) is 18.0 Å². The summed E-state index contributed by atoms with van der Waals surface area (Å²) < 4.78 is 38.2. The van der Waals surface area contributed by atoms with Crippen LogP contribution in [0.15, 0.2) is 0 Å². The zero-order valence-electron chi connectivity index (χ0n) is 10.8. The van der Waals surface area contributed by atoms with Crippen molar-refractivity contribution >= 4 is 22.4 Å². The van der Waals surface area contributed by atoms with Gasteiger partial charge in [0.15, 0.2) is 0 Å². The van der Waals surface area contributed by atoms with Crippen molar-refractivity contribution in [1.82, 2.24) is 10.4 Å². The van der Waals surface area contributed by atoms with Crippen LogP contribution in [0.4, 0.5) is 4.79 Å². The molecular weight excluding hydrogens is 294 g/mol. The van der Waals surface area contributed by atoms with Crippen LogP contribution in [-0.4, -0.2) is 55.1 Å². The molecule has 20 heavy (non-hydrogen) atoms. The highest BCUT2D eigenvalue weighted by atomic mass is 32.3. The number of piperidine rings is 1. The van der Waals surface area contributed by atoms with E-state index in [1.54, 1.807) is 6.92 Å². The molecule has 1 rings (SSSR count). The molecule has 116 valence electrons. The van der Waals surface area contributed by atoms with Gasteiger partial charge in [0.25, 0.3) is 0 Å². The van der Waals surface area contributed by atoms with Crippen LogP contribution in [0.1, 0.15) is 19.8 Å². The number of rotatable bonds is 5. The second-order valence-electron chi connectivity index (χ2n) is 4.17. The first-order chi connectivity index (χ1) is 9.24. The lowest BCUT2D eigenvalue weighted by Crippen LogP contribution is -2.57. The minimum absolute atomic E-state index is 0.0397. The quantitative estimate of drug-likeness (QED) is 0.423. The average molecular weight is 311 g/mol. The standard InChI is InChI=1S/C9H17N3O7S/c1-2-18-9(14)12-5-6(11-19-20(15,16)17)3-4-7(12)8(10)13/h6-7,11H,2-5H2,1H3,(H2,10,13)(H,15,16,17)/t6-,7+/m1/s1. The van der Waals surface area contributed by atoms with Crippen molar-refractivity contribution in [1.29, 1.82) is 0 Å². The molecule has 1 aliphatic heterocycles. The van der Waals surface area contributed by atoms with Crippen molar-refractivity contribution in [3.05, 3.63) is 0 Å². The molecule has 0 radical (unpaired) electrons. The lowest BCUT2D eigenvalue weighted by molar-refractivity contribution is -0.124. The summed E-state index contributed by atoms with van der Waals surface area (Å²) in [6.07, 6.45) is -0.172. The summed E-state index contributed by atoms with van der Waals surface area (Å²) in [5.74, 6) is -0.674. The third-order valence-corrected chi connectivity index (χ3v) is 3.04. The topological polar surface area (TPSA) is 148 Å². The fourth-order valence-electron chi connectivity index (χ4n) is 1.90. The minimum atomic E-state index is -4.64. The third-order valence-electron chi connectivity index (χ3n) is 2.73. The molecule has 1 saturated heterocycles. The van der Waals surface area contributed by atoms with Gasteiger partial charge in [-0.15, -0.1) is 0 Å². The number of amides is 2. The Morgan fingerprint density at radius 3 is 2.60 bits per heavy atom. The maximum absolute atomic E-state index is 11.7. The molecule has 1 heterocycles. The van der Waals surface area contributed by atoms with Crippen LogP contribution < -0.4 is 11.2 Å². The summed E-state index contributed by atoms with van der Waals surface area (Å²) in [4.78, 5) is 24.1. The number of ether oxygens (including phenoxy) is 1. The average Bonchev–Trinajstić information content (AvgIpc) is 2.35. The molecular formula is C9H17N3O7S. The van der Waals surface area contributed by atoms with Gasteiger partial charge in [-0.1, -0.05) is 0 Å². The zero-order chi connectivity index (χ0) is 15.3. The summed E-state index contributed by atoms with van der Waals surface area (Å²) in [5, 5.41) is 0. The number of hydrogen-bond donors (Lipinski definition) is 3. The molecule has 10 nitrogen and oxygen atoms in total. The first-order valence-electron chi connectivity index (χ1n) is 5.88. The number of likely N-dealkylation sites (tertiary alicyclic amines) is 1. The van der Waals surface area contributed by atoms with E-state index in [0.717, 1.165) is 4.90 Å². The van der Waals surface area contributed by atoms with Gasteiger partial charge in [0.1, 0.15) is 6.04 Å². The molecule has 0 aromatic carbocycles. The second kappa shape index (κ2) is 6.83. The number of carbonyl (C=O) groups excluding carboxylic acids is 2. The van der Waals surface area contributed by atoms with Crippen LogP contribution in [-0.2, 0) is 24.2 Å². The molecule has 0 saturated carbocycles. The Balaban J connectivity index is 2.69. The van der Waals surface area contributed by atoms with Gasteiger partial charge in [-0.3, -0.25) is 14.2 Å². The van der Waals surface area contributed by atoms with Crippen LogP contribution in [0, 0.1) is 0 Å². The van der Waals surface area contributed by atoms with Gasteiger partial charge in [-0.2, -0.15) is 18.2 Å². The van der Waals surface area contributed by atoms with Crippen molar-refractivity contribution in [2.75, 3.05) is 13.2 Å². The number of hydroxylamine groups is 1. The predicted octanol–water partition coefficient (Wildman–Crippen LogP) is -1.21. The smallest absolute Gasteiger partial charge is 0.413 e. The summed E-state index contributed by atoms with van der Waals surface area (Å²) in [6, 6.07) is -1.41. The number of nitrogens with one attached hydrogen (secondary N) is 1. The first-order valence-corrected chi connectivity index (χ1v) is 7.25. The van der Waals surface area contributed by atoms with Gasteiger partial charge in [0, 0.05) is 6.54 Å². The van der Waals surface area contributed by atoms with Crippen molar-refractivity contribution in [2.24, 2.45) is 5.73 Å². The lowest BCUT2D eigenvalue weighted by atomic mass is 9.99. The largest absolute Gasteiger partial charge is 0.450 e. The zero-order valence-corrected chi connectivity index (χ0v) is 11.6. The van der Waals surface area contributed by atoms with Crippen molar-refractivity contribution in [3.63, 3.8) is 0 Å². The fraction of sp³-hybridized carbons (Fsp3) is 0.778. The van der Waals surface area contributed by atoms with Crippen LogP contribution in [0.3, 0.4) is 0 Å². The third kappa shape index (κ3) is 4.92. The van der Waals surface area contributed by atoms with E-state index in [1.807, 2.05) is 0 Å². The van der Waals surface area contributed by atoms with E-state index in [2.05, 4.69) is 9.76 Å². The molecule has 4 N–H and O–H groups in total. The highest BCUT2D eigenvalue weighted by molar-refractivity contribution is 7.80. The van der Waals surface area contributed by atoms with Gasteiger partial charge in [0.05, 0.1) is 12.6 Å². The van der Waals surface area contributed by atoms with E-state index < -0.39 is 34.5 Å². The number of carbonyl (C=O) groups is 2. The molecule has 1 fully saturated rings. The van der Waals surface area contributed by atoms with Crippen molar-refractivity contribution < 1.29 is 31.6 Å². The monoisotopic (exact) mass is 311 g/mol. The summed E-state index contributed by atoms with van der Waals surface area (Å²) in [7, 11) is -4.64. The Bertz CT molecular complexity index is 466. The maximum atomic E-state index is 11.7. The van der Waals surface area contributed by atoms with Gasteiger partial charge in [-0.05, 0) is 19.8 Å². The molecule has 0 spiro atoms. The number of nitrogens with two attached hydrogens (primary N) is 1. The Kier molecular flexibility index (Phi) is 5.68. The molecule has 0 bridgehead atoms. The van der Waals surface area contributed by atoms with E-state index in [0.29, 0.717) is 6.42 Å². The highest BCUT2D eigenvalue weighted by Crippen LogP contribution is 2.18. The van der Waals surface area contributed by atoms with Crippen molar-refractivity contribution in [3.8, 4) is 0 Å². The number of primary amides is 1. The molecule has 0 aromatic heterocycles. The van der Waals surface area contributed by atoms with Crippen molar-refractivity contribution in [2.45, 2.75) is 31.8 Å². The SMILES string of the molecule is CCOC(=O)N1C[C@H](NOS(=O)(=O)O)CC[C@H]1C(N)=O. The van der Waals surface area contributed by atoms with Gasteiger partial charge >= 0.3 is 16.5 Å². The van der Waals surface area contributed by atoms with Gasteiger partial charge < -0.3 is 10.5 Å². The van der Waals surface area contributed by atoms with E-state index >= 15 is 0 Å². The summed E-state index contributed by atoms with van der Waals surface area (Å²) in [6.45, 7) is 1.70. The molecule has 0 aromatic rings. The molecule has 2 atom stereocenters. The predicted molar refractivity (Wildman–Crippen MR) is 65.5 cm³/mol. The second-order valence-corrected chi connectivity index (χ2v) is 5.19. The first kappa shape index (κ1) is 16.6. The van der Waals surface area contributed by atoms with E-state index in [1.165, 1.54) is 0 Å². The molecule has 0 aliphatic carbocycles. The normalized spacial score (nSPS) is 23.4. The lowest BCUT2D eigenvalue weighted by Gasteiger charge is -2.36.